The van der Waals surface area contributed by atoms with Crippen molar-refractivity contribution in [3.8, 4) is 0 Å². The van der Waals surface area contributed by atoms with Crippen LogP contribution in [0.2, 0.25) is 0 Å². The Morgan fingerprint density at radius 2 is 1.71 bits per heavy atom. The molecule has 0 aliphatic heterocycles. The highest BCUT2D eigenvalue weighted by Crippen LogP contribution is 2.30. The number of fused-ring (bicyclic) bond motifs is 1. The van der Waals surface area contributed by atoms with Crippen LogP contribution in [0.3, 0.4) is 0 Å². The van der Waals surface area contributed by atoms with Gasteiger partial charge in [0.15, 0.2) is 5.76 Å². The predicted octanol–water partition coefficient (Wildman–Crippen LogP) is 6.04. The largest absolute Gasteiger partial charge is 0.455 e. The highest BCUT2D eigenvalue weighted by atomic mass is 16.5. The van der Waals surface area contributed by atoms with E-state index in [9.17, 15) is 9.59 Å². The molecule has 0 bridgehead atoms. The van der Waals surface area contributed by atoms with E-state index in [0.29, 0.717) is 41.3 Å². The molecule has 2 aromatic carbocycles. The molecule has 174 valence electrons. The maximum Gasteiger partial charge on any atom is 0.427 e. The minimum Gasteiger partial charge on any atom is -0.455 e. The van der Waals surface area contributed by atoms with E-state index in [2.05, 4.69) is 26.1 Å². The molecule has 9 nitrogen and oxygen atoms in total. The van der Waals surface area contributed by atoms with Gasteiger partial charge >= 0.3 is 6.09 Å². The predicted molar refractivity (Wildman–Crippen MR) is 128 cm³/mol. The molecule has 0 unspecified atom stereocenters. The van der Waals surface area contributed by atoms with E-state index in [1.54, 1.807) is 31.2 Å². The first-order valence-electron chi connectivity index (χ1n) is 11.0. The molecule has 3 aromatic rings. The van der Waals surface area contributed by atoms with Gasteiger partial charge in [-0.1, -0.05) is 18.2 Å². The number of amides is 2. The normalized spacial score (nSPS) is 14.1. The van der Waals surface area contributed by atoms with Gasteiger partial charge in [0.25, 0.3) is 5.91 Å². The van der Waals surface area contributed by atoms with Crippen molar-refractivity contribution in [1.29, 1.82) is 0 Å². The molecule has 0 saturated heterocycles. The molecule has 0 fully saturated rings. The zero-order valence-corrected chi connectivity index (χ0v) is 19.0. The molecule has 2 amide bonds. The van der Waals surface area contributed by atoms with Crippen LogP contribution >= 0.6 is 0 Å². The molecular formula is C25H25N5O4. The number of nitrogens with one attached hydrogen (secondary N) is 2. The lowest BCUT2D eigenvalue weighted by Gasteiger charge is -2.13. The Kier molecular flexibility index (Phi) is 7.12. The van der Waals surface area contributed by atoms with Gasteiger partial charge in [0.05, 0.1) is 23.7 Å². The maximum atomic E-state index is 12.9. The number of benzene rings is 2. The summed E-state index contributed by atoms with van der Waals surface area (Å²) >= 11 is 0. The average Bonchev–Trinajstić information content (AvgIpc) is 3.20. The first kappa shape index (κ1) is 22.9. The summed E-state index contributed by atoms with van der Waals surface area (Å²) in [6.45, 7) is 3.79. The highest BCUT2D eigenvalue weighted by molar-refractivity contribution is 6.09. The van der Waals surface area contributed by atoms with E-state index < -0.39 is 6.09 Å². The van der Waals surface area contributed by atoms with Gasteiger partial charge in [-0.25, -0.2) is 10.2 Å². The summed E-state index contributed by atoms with van der Waals surface area (Å²) in [5.74, 6) is 0.557. The van der Waals surface area contributed by atoms with Crippen LogP contribution in [-0.4, -0.2) is 24.3 Å². The minimum atomic E-state index is -0.618. The number of rotatable bonds is 6. The fourth-order valence-corrected chi connectivity index (χ4v) is 3.68. The number of furan rings is 1. The van der Waals surface area contributed by atoms with Gasteiger partial charge in [0.1, 0.15) is 5.76 Å². The van der Waals surface area contributed by atoms with Crippen LogP contribution in [0, 0.1) is 6.92 Å². The van der Waals surface area contributed by atoms with Crippen molar-refractivity contribution in [2.45, 2.75) is 33.1 Å². The third kappa shape index (κ3) is 5.37. The Balaban J connectivity index is 1.46. The van der Waals surface area contributed by atoms with E-state index in [-0.39, 0.29) is 18.3 Å². The average molecular weight is 460 g/mol. The van der Waals surface area contributed by atoms with Crippen molar-refractivity contribution in [2.75, 3.05) is 11.9 Å². The summed E-state index contributed by atoms with van der Waals surface area (Å²) in [5.41, 5.74) is 6.55. The first-order valence-corrected chi connectivity index (χ1v) is 11.0. The molecule has 4 rings (SSSR count). The van der Waals surface area contributed by atoms with E-state index in [0.717, 1.165) is 17.7 Å². The standard InChI is InChI=1S/C25H25N5O4/c1-3-33-25(32)30-29-20-10-7-11-21-22(20)16(2)23(34-21)24(31)26-17-12-14-19(15-13-17)28-27-18-8-5-4-6-9-18/h4-6,8-9,12-15H,3,7,10-11H2,1-2H3,(H,26,31)(H,30,32). The van der Waals surface area contributed by atoms with Gasteiger partial charge in [0.2, 0.25) is 0 Å². The molecule has 1 aliphatic carbocycles. The summed E-state index contributed by atoms with van der Waals surface area (Å²) in [6, 6.07) is 16.5. The Morgan fingerprint density at radius 1 is 1.00 bits per heavy atom. The number of aryl methyl sites for hydroxylation is 1. The summed E-state index contributed by atoms with van der Waals surface area (Å²) in [5, 5.41) is 15.4. The number of carbonyl (C=O) groups is 2. The van der Waals surface area contributed by atoms with Crippen molar-refractivity contribution in [3.63, 3.8) is 0 Å². The van der Waals surface area contributed by atoms with Crippen molar-refractivity contribution >= 4 is 34.8 Å². The Labute approximate surface area is 196 Å². The lowest BCUT2D eigenvalue weighted by Crippen LogP contribution is -2.22. The van der Waals surface area contributed by atoms with E-state index >= 15 is 0 Å². The third-order valence-corrected chi connectivity index (χ3v) is 5.25. The number of hydrogen-bond donors (Lipinski definition) is 2. The Morgan fingerprint density at radius 3 is 2.41 bits per heavy atom. The fraction of sp³-hybridized carbons (Fsp3) is 0.240. The zero-order valence-electron chi connectivity index (χ0n) is 19.0. The fourth-order valence-electron chi connectivity index (χ4n) is 3.68. The van der Waals surface area contributed by atoms with Crippen LogP contribution in [0.4, 0.5) is 21.9 Å². The Hall–Kier alpha value is -4.27. The molecule has 9 heteroatoms. The van der Waals surface area contributed by atoms with Crippen LogP contribution in [0.5, 0.6) is 0 Å². The molecule has 2 N–H and O–H groups in total. The lowest BCUT2D eigenvalue weighted by atomic mass is 9.93. The molecule has 1 heterocycles. The number of nitrogens with zero attached hydrogens (tertiary/aromatic N) is 3. The monoisotopic (exact) mass is 459 g/mol. The van der Waals surface area contributed by atoms with E-state index in [1.165, 1.54) is 0 Å². The second-order valence-corrected chi connectivity index (χ2v) is 7.64. The van der Waals surface area contributed by atoms with Crippen molar-refractivity contribution in [2.24, 2.45) is 15.3 Å². The van der Waals surface area contributed by atoms with Crippen LogP contribution in [0.25, 0.3) is 0 Å². The molecule has 1 aliphatic rings. The summed E-state index contributed by atoms with van der Waals surface area (Å²) in [7, 11) is 0. The van der Waals surface area contributed by atoms with Crippen LogP contribution in [-0.2, 0) is 11.2 Å². The molecule has 34 heavy (non-hydrogen) atoms. The smallest absolute Gasteiger partial charge is 0.427 e. The van der Waals surface area contributed by atoms with Gasteiger partial charge in [-0.05, 0) is 63.1 Å². The number of azo groups is 1. The quantitative estimate of drug-likeness (QED) is 0.345. The van der Waals surface area contributed by atoms with Gasteiger partial charge < -0.3 is 14.5 Å². The van der Waals surface area contributed by atoms with Gasteiger partial charge in [-0.3, -0.25) is 4.79 Å². The van der Waals surface area contributed by atoms with Gasteiger partial charge in [-0.15, -0.1) is 0 Å². The second kappa shape index (κ2) is 10.6. The van der Waals surface area contributed by atoms with E-state index in [4.69, 9.17) is 9.15 Å². The SMILES string of the molecule is CCOC(=O)NN=C1CCCc2oc(C(=O)Nc3ccc(N=Nc4ccccc4)cc3)c(C)c21. The summed E-state index contributed by atoms with van der Waals surface area (Å²) in [4.78, 5) is 24.5. The first-order chi connectivity index (χ1) is 16.5. The topological polar surface area (TPSA) is 118 Å². The second-order valence-electron chi connectivity index (χ2n) is 7.64. The van der Waals surface area contributed by atoms with Crippen molar-refractivity contribution in [3.05, 3.63) is 77.2 Å². The molecule has 1 aromatic heterocycles. The molecule has 0 atom stereocenters. The summed E-state index contributed by atoms with van der Waals surface area (Å²) < 4.78 is 10.7. The maximum absolute atomic E-state index is 12.9. The number of hydrazone groups is 1. The molecule has 0 saturated carbocycles. The van der Waals surface area contributed by atoms with E-state index in [1.807, 2.05) is 37.3 Å². The van der Waals surface area contributed by atoms with Crippen LogP contribution in [0.1, 0.15) is 47.2 Å². The van der Waals surface area contributed by atoms with Crippen LogP contribution < -0.4 is 10.7 Å². The van der Waals surface area contributed by atoms with Crippen LogP contribution in [0.15, 0.2) is 74.3 Å². The molecule has 0 spiro atoms. The number of hydrogen-bond acceptors (Lipinski definition) is 7. The molecular weight excluding hydrogens is 434 g/mol. The van der Waals surface area contributed by atoms with Gasteiger partial charge in [-0.2, -0.15) is 15.3 Å². The minimum absolute atomic E-state index is 0.226. The van der Waals surface area contributed by atoms with Crippen molar-refractivity contribution < 1.29 is 18.7 Å². The van der Waals surface area contributed by atoms with Gasteiger partial charge in [0, 0.05) is 23.2 Å². The van der Waals surface area contributed by atoms with Crippen molar-refractivity contribution in [1.82, 2.24) is 5.43 Å². The number of anilines is 1. The lowest BCUT2D eigenvalue weighted by molar-refractivity contribution is 0.0994. The number of ether oxygens (including phenoxy) is 1. The number of carbonyl (C=O) groups excluding carboxylic acids is 2. The Bertz CT molecular complexity index is 1230. The highest BCUT2D eigenvalue weighted by Gasteiger charge is 2.28. The summed E-state index contributed by atoms with van der Waals surface area (Å²) in [6.07, 6.45) is 1.56. The molecule has 0 radical (unpaired) electrons. The zero-order chi connectivity index (χ0) is 23.9. The third-order valence-electron chi connectivity index (χ3n) is 5.25.